The lowest BCUT2D eigenvalue weighted by molar-refractivity contribution is 0.101. The Bertz CT molecular complexity index is 791. The average Bonchev–Trinajstić information content (AvgIpc) is 3.00. The number of hydrogen-bond acceptors (Lipinski definition) is 6. The van der Waals surface area contributed by atoms with Crippen LogP contribution in [-0.4, -0.2) is 24.4 Å². The van der Waals surface area contributed by atoms with Crippen molar-refractivity contribution in [3.05, 3.63) is 29.0 Å². The van der Waals surface area contributed by atoms with E-state index in [1.54, 1.807) is 19.2 Å². The Balaban J connectivity index is 2.03. The van der Waals surface area contributed by atoms with Crippen LogP contribution >= 0.6 is 23.3 Å². The fourth-order valence-electron chi connectivity index (χ4n) is 1.85. The minimum atomic E-state index is -0.398. The molecule has 20 heavy (non-hydrogen) atoms. The number of fused-ring (bicyclic) bond motifs is 1. The number of carbonyl (C=O) groups excluding carboxylic acids is 1. The number of anilines is 2. The van der Waals surface area contributed by atoms with Crippen molar-refractivity contribution in [1.82, 2.24) is 18.5 Å². The van der Waals surface area contributed by atoms with Gasteiger partial charge in [-0.1, -0.05) is 11.6 Å². The van der Waals surface area contributed by atoms with E-state index >= 15 is 0 Å². The van der Waals surface area contributed by atoms with Crippen molar-refractivity contribution in [1.29, 1.82) is 0 Å². The number of aromatic nitrogens is 4. The van der Waals surface area contributed by atoms with E-state index in [0.29, 0.717) is 27.4 Å². The summed E-state index contributed by atoms with van der Waals surface area (Å²) in [5, 5.41) is 7.03. The quantitative estimate of drug-likeness (QED) is 0.753. The minimum absolute atomic E-state index is 0.265. The van der Waals surface area contributed by atoms with Crippen molar-refractivity contribution in [2.75, 3.05) is 11.1 Å². The zero-order valence-corrected chi connectivity index (χ0v) is 11.9. The molecule has 3 aromatic rings. The second-order valence-corrected chi connectivity index (χ2v) is 5.02. The van der Waals surface area contributed by atoms with Crippen LogP contribution in [-0.2, 0) is 7.05 Å². The van der Waals surface area contributed by atoms with Gasteiger partial charge in [0, 0.05) is 7.05 Å². The van der Waals surface area contributed by atoms with Gasteiger partial charge in [-0.05, 0) is 12.1 Å². The summed E-state index contributed by atoms with van der Waals surface area (Å²) in [5.41, 5.74) is 7.93. The summed E-state index contributed by atoms with van der Waals surface area (Å²) in [7, 11) is 1.64. The molecule has 3 N–H and O–H groups in total. The maximum absolute atomic E-state index is 12.3. The van der Waals surface area contributed by atoms with Crippen LogP contribution in [0.5, 0.6) is 0 Å². The molecule has 9 heteroatoms. The largest absolute Gasteiger partial charge is 0.396 e. The molecule has 1 amide bonds. The fraction of sp³-hybridized carbons (Fsp3) is 0.0909. The molecule has 0 saturated heterocycles. The number of benzene rings is 1. The first-order chi connectivity index (χ1) is 9.58. The predicted octanol–water partition coefficient (Wildman–Crippen LogP) is 1.91. The third-order valence-corrected chi connectivity index (χ3v) is 3.66. The normalized spacial score (nSPS) is 10.9. The molecule has 3 rings (SSSR count). The van der Waals surface area contributed by atoms with Gasteiger partial charge in [0.15, 0.2) is 0 Å². The van der Waals surface area contributed by atoms with Crippen molar-refractivity contribution in [2.24, 2.45) is 7.05 Å². The zero-order valence-electron chi connectivity index (χ0n) is 10.3. The van der Waals surface area contributed by atoms with Gasteiger partial charge in [-0.3, -0.25) is 9.48 Å². The lowest BCUT2D eigenvalue weighted by Gasteiger charge is -2.08. The Morgan fingerprint density at radius 3 is 2.95 bits per heavy atom. The Morgan fingerprint density at radius 2 is 2.25 bits per heavy atom. The Kier molecular flexibility index (Phi) is 3.03. The molecule has 0 saturated carbocycles. The fourth-order valence-corrected chi connectivity index (χ4v) is 2.59. The molecule has 2 heterocycles. The number of nitrogens with zero attached hydrogens (tertiary/aromatic N) is 4. The highest BCUT2D eigenvalue weighted by atomic mass is 35.5. The Labute approximate surface area is 122 Å². The van der Waals surface area contributed by atoms with Crippen molar-refractivity contribution >= 4 is 51.6 Å². The van der Waals surface area contributed by atoms with Gasteiger partial charge in [0.1, 0.15) is 16.7 Å². The molecular weight excluding hydrogens is 300 g/mol. The first-order valence-corrected chi connectivity index (χ1v) is 6.68. The van der Waals surface area contributed by atoms with E-state index in [4.69, 9.17) is 17.3 Å². The number of halogens is 1. The number of amides is 1. The van der Waals surface area contributed by atoms with E-state index in [0.717, 1.165) is 11.7 Å². The van der Waals surface area contributed by atoms with Gasteiger partial charge in [0.25, 0.3) is 5.91 Å². The lowest BCUT2D eigenvalue weighted by atomic mass is 10.2. The average molecular weight is 309 g/mol. The third kappa shape index (κ3) is 1.98. The van der Waals surface area contributed by atoms with Crippen LogP contribution in [0.3, 0.4) is 0 Å². The number of nitrogen functional groups attached to an aromatic ring is 1. The molecule has 0 fully saturated rings. The van der Waals surface area contributed by atoms with E-state index in [2.05, 4.69) is 19.2 Å². The van der Waals surface area contributed by atoms with Crippen molar-refractivity contribution < 1.29 is 4.79 Å². The number of carbonyl (C=O) groups is 1. The molecule has 7 nitrogen and oxygen atoms in total. The molecule has 0 atom stereocenters. The maximum Gasteiger partial charge on any atom is 0.276 e. The first kappa shape index (κ1) is 12.8. The molecule has 0 aliphatic carbocycles. The highest BCUT2D eigenvalue weighted by Crippen LogP contribution is 2.30. The molecular formula is C11H9ClN6OS. The Morgan fingerprint density at radius 1 is 1.45 bits per heavy atom. The molecule has 0 bridgehead atoms. The number of rotatable bonds is 2. The topological polar surface area (TPSA) is 98.7 Å². The maximum atomic E-state index is 12.3. The molecule has 0 unspecified atom stereocenters. The summed E-state index contributed by atoms with van der Waals surface area (Å²) < 4.78 is 9.64. The second-order valence-electron chi connectivity index (χ2n) is 4.08. The monoisotopic (exact) mass is 308 g/mol. The van der Waals surface area contributed by atoms with Gasteiger partial charge in [-0.25, -0.2) is 0 Å². The van der Waals surface area contributed by atoms with E-state index < -0.39 is 5.91 Å². The number of hydrogen-bond donors (Lipinski definition) is 2. The highest BCUT2D eigenvalue weighted by Gasteiger charge is 2.18. The van der Waals surface area contributed by atoms with Crippen molar-refractivity contribution in [3.8, 4) is 0 Å². The van der Waals surface area contributed by atoms with E-state index in [1.807, 2.05) is 0 Å². The summed E-state index contributed by atoms with van der Waals surface area (Å²) >= 11 is 7.17. The molecule has 1 aromatic carbocycles. The third-order valence-electron chi connectivity index (χ3n) is 2.80. The first-order valence-electron chi connectivity index (χ1n) is 5.57. The van der Waals surface area contributed by atoms with Crippen LogP contribution in [0, 0.1) is 0 Å². The predicted molar refractivity (Wildman–Crippen MR) is 78.0 cm³/mol. The summed E-state index contributed by atoms with van der Waals surface area (Å²) in [5.74, 6) is -0.398. The van der Waals surface area contributed by atoms with Crippen LogP contribution in [0.2, 0.25) is 5.02 Å². The summed E-state index contributed by atoms with van der Waals surface area (Å²) in [4.78, 5) is 12.3. The summed E-state index contributed by atoms with van der Waals surface area (Å²) in [6.45, 7) is 0. The summed E-state index contributed by atoms with van der Waals surface area (Å²) in [6.07, 6.45) is 1.42. The smallest absolute Gasteiger partial charge is 0.276 e. The standard InChI is InChI=1S/C11H9ClN6OS/c1-18-10(6(13)4-14-18)11(19)15-8-5(12)2-3-7-9(8)17-20-16-7/h2-4H,13H2,1H3,(H,15,19). The number of nitrogens with one attached hydrogen (secondary N) is 1. The SMILES string of the molecule is Cn1ncc(N)c1C(=O)Nc1c(Cl)ccc2nsnc12. The van der Waals surface area contributed by atoms with Gasteiger partial charge in [-0.15, -0.1) is 0 Å². The zero-order chi connectivity index (χ0) is 14.3. The molecule has 102 valence electrons. The van der Waals surface area contributed by atoms with Gasteiger partial charge >= 0.3 is 0 Å². The van der Waals surface area contributed by atoms with Crippen LogP contribution in [0.4, 0.5) is 11.4 Å². The van der Waals surface area contributed by atoms with E-state index in [9.17, 15) is 4.79 Å². The molecule has 0 aliphatic rings. The van der Waals surface area contributed by atoms with Gasteiger partial charge in [0.2, 0.25) is 0 Å². The second kappa shape index (κ2) is 4.73. The van der Waals surface area contributed by atoms with Gasteiger partial charge in [-0.2, -0.15) is 13.8 Å². The van der Waals surface area contributed by atoms with E-state index in [1.165, 1.54) is 10.9 Å². The molecule has 0 radical (unpaired) electrons. The molecule has 2 aromatic heterocycles. The van der Waals surface area contributed by atoms with Crippen LogP contribution in [0.1, 0.15) is 10.5 Å². The number of aryl methyl sites for hydroxylation is 1. The van der Waals surface area contributed by atoms with E-state index in [-0.39, 0.29) is 5.69 Å². The lowest BCUT2D eigenvalue weighted by Crippen LogP contribution is -2.18. The van der Waals surface area contributed by atoms with Crippen LogP contribution in [0.15, 0.2) is 18.3 Å². The number of nitrogens with two attached hydrogens (primary N) is 1. The summed E-state index contributed by atoms with van der Waals surface area (Å²) in [6, 6.07) is 3.41. The van der Waals surface area contributed by atoms with Gasteiger partial charge < -0.3 is 11.1 Å². The van der Waals surface area contributed by atoms with Crippen LogP contribution in [0.25, 0.3) is 11.0 Å². The van der Waals surface area contributed by atoms with Crippen molar-refractivity contribution in [2.45, 2.75) is 0 Å². The van der Waals surface area contributed by atoms with Crippen molar-refractivity contribution in [3.63, 3.8) is 0 Å². The molecule has 0 spiro atoms. The highest BCUT2D eigenvalue weighted by molar-refractivity contribution is 7.00. The molecule has 0 aliphatic heterocycles. The van der Waals surface area contributed by atoms with Crippen LogP contribution < -0.4 is 11.1 Å². The minimum Gasteiger partial charge on any atom is -0.396 e. The van der Waals surface area contributed by atoms with Gasteiger partial charge in [0.05, 0.1) is 34.3 Å². The Hall–Kier alpha value is -2.19.